The lowest BCUT2D eigenvalue weighted by molar-refractivity contribution is -0.255. The van der Waals surface area contributed by atoms with Crippen LogP contribution in [0.15, 0.2) is 72.8 Å². The Bertz CT molecular complexity index is 3370. The summed E-state index contributed by atoms with van der Waals surface area (Å²) in [6.45, 7) is 22.3. The summed E-state index contributed by atoms with van der Waals surface area (Å²) < 4.78 is 52.3. The fourth-order valence-electron chi connectivity index (χ4n) is 12.6. The molecule has 3 amide bonds. The number of phenolic OH excluding ortho intramolecular Hbond substituents is 1. The van der Waals surface area contributed by atoms with Crippen LogP contribution in [-0.4, -0.2) is 142 Å². The van der Waals surface area contributed by atoms with E-state index in [9.17, 15) is 49.0 Å². The molecule has 486 valence electrons. The first-order chi connectivity index (χ1) is 41.9. The first-order valence-electron chi connectivity index (χ1n) is 30.7. The Labute approximate surface area is 525 Å². The van der Waals surface area contributed by atoms with Crippen LogP contribution in [0.3, 0.4) is 0 Å². The molecule has 2 bridgehead atoms. The van der Waals surface area contributed by atoms with Gasteiger partial charge in [-0.1, -0.05) is 56.6 Å². The van der Waals surface area contributed by atoms with E-state index in [1.165, 1.54) is 41.7 Å². The number of carboxylic acid groups (broad SMARTS) is 1. The van der Waals surface area contributed by atoms with Crippen LogP contribution in [0.25, 0.3) is 0 Å². The van der Waals surface area contributed by atoms with E-state index in [1.807, 2.05) is 33.8 Å². The molecule has 4 aromatic carbocycles. The highest BCUT2D eigenvalue weighted by molar-refractivity contribution is 6.59. The van der Waals surface area contributed by atoms with Gasteiger partial charge in [0.2, 0.25) is 11.8 Å². The summed E-state index contributed by atoms with van der Waals surface area (Å²) in [5.41, 5.74) is 6.89. The van der Waals surface area contributed by atoms with Gasteiger partial charge in [-0.2, -0.15) is 0 Å². The molecule has 0 spiro atoms. The molecule has 4 aromatic rings. The number of carbonyl (C=O) groups is 6. The van der Waals surface area contributed by atoms with Crippen LogP contribution in [0.2, 0.25) is 12.6 Å². The normalized spacial score (nSPS) is 22.2. The smallest absolute Gasteiger partial charge is 0.514 e. The number of rotatable bonds is 15. The number of carbonyl (C=O) groups excluding carboxylic acids is 6. The third-order valence-corrected chi connectivity index (χ3v) is 17.4. The number of benzene rings is 4. The quantitative estimate of drug-likeness (QED) is 0.0337. The number of aromatic carboxylic acids is 1. The summed E-state index contributed by atoms with van der Waals surface area (Å²) in [5.74, 6) is -1.19. The maximum atomic E-state index is 14.0. The number of hydrogen-bond donors (Lipinski definition) is 5. The first-order valence-corrected chi connectivity index (χ1v) is 30.7. The van der Waals surface area contributed by atoms with E-state index in [0.29, 0.717) is 52.6 Å². The van der Waals surface area contributed by atoms with Crippen molar-refractivity contribution in [2.24, 2.45) is 23.0 Å². The van der Waals surface area contributed by atoms with Crippen LogP contribution in [0, 0.1) is 24.2 Å². The van der Waals surface area contributed by atoms with Gasteiger partial charge in [-0.05, 0) is 190 Å². The number of phenols is 1. The average molecular weight is 1250 g/mol. The molecule has 4 aliphatic heterocycles. The van der Waals surface area contributed by atoms with Gasteiger partial charge in [-0.3, -0.25) is 9.59 Å². The number of nitrogens with one attached hydrogen (secondary N) is 1. The molecule has 0 aromatic heterocycles. The molecule has 0 unspecified atom stereocenters. The Morgan fingerprint density at radius 1 is 0.756 bits per heavy atom. The third-order valence-electron chi connectivity index (χ3n) is 17.4. The van der Waals surface area contributed by atoms with Crippen LogP contribution in [-0.2, 0) is 46.0 Å². The topological polar surface area (TPSA) is 314 Å². The Hall–Kier alpha value is -7.57. The largest absolute Gasteiger partial charge is 0.669 e. The van der Waals surface area contributed by atoms with Crippen molar-refractivity contribution in [3.63, 3.8) is 0 Å². The van der Waals surface area contributed by atoms with E-state index in [0.717, 1.165) is 17.5 Å². The molecule has 90 heavy (non-hydrogen) atoms. The number of fused-ring (bicyclic) bond motifs is 1. The molecule has 3 saturated heterocycles. The predicted molar refractivity (Wildman–Crippen MR) is 328 cm³/mol. The second-order valence-corrected chi connectivity index (χ2v) is 28.1. The summed E-state index contributed by atoms with van der Waals surface area (Å²) in [5, 5.41) is 43.3. The van der Waals surface area contributed by atoms with E-state index in [4.69, 9.17) is 48.1 Å². The van der Waals surface area contributed by atoms with Crippen LogP contribution >= 0.6 is 0 Å². The van der Waals surface area contributed by atoms with Crippen molar-refractivity contribution < 1.29 is 91.4 Å². The fourth-order valence-corrected chi connectivity index (χ4v) is 12.6. The maximum Gasteiger partial charge on any atom is 0.514 e. The number of aryl methyl sites for hydroxylation is 2. The molecule has 25 heteroatoms. The highest BCUT2D eigenvalue weighted by Gasteiger charge is 2.67. The van der Waals surface area contributed by atoms with Gasteiger partial charge in [-0.15, -0.1) is 0 Å². The highest BCUT2D eigenvalue weighted by atomic mass is 16.7. The zero-order chi connectivity index (χ0) is 65.8. The molecule has 11 rings (SSSR count). The van der Waals surface area contributed by atoms with E-state index < -0.39 is 77.6 Å². The summed E-state index contributed by atoms with van der Waals surface area (Å²) in [4.78, 5) is 80.3. The minimum atomic E-state index is -3.15. The van der Waals surface area contributed by atoms with Gasteiger partial charge < -0.3 is 88.3 Å². The summed E-state index contributed by atoms with van der Waals surface area (Å²) >= 11 is 0. The van der Waals surface area contributed by atoms with Crippen LogP contribution in [0.1, 0.15) is 157 Å². The number of carboxylic acids is 1. The zero-order valence-corrected chi connectivity index (χ0v) is 53.5. The SMILES string of the molecule is Cc1c(CCB2O[C@@H]3C[C@@H]4C[C@@H](C4(C)C)[C@]3(C)O2)ccc(OC2CN(C(=O)[C@H](NC(=O)OC(C)(C)C)c3ccc(OC(=O)OC(C)(C)C)cc3)C2)c1C(=O)OC(C)(C)C.N[C@@H](C(=O)N1CC(Oc2ccc3c(c2C(=O)[O-])O[B-](O)(O)CC3)C1)c1ccc(O)cc1. The van der Waals surface area contributed by atoms with Gasteiger partial charge >= 0.3 is 32.1 Å². The van der Waals surface area contributed by atoms with E-state index >= 15 is 0 Å². The molecule has 4 heterocycles. The molecule has 3 saturated carbocycles. The number of likely N-dealkylation sites (tertiary alicyclic amines) is 2. The minimum Gasteiger partial charge on any atom is -0.669 e. The van der Waals surface area contributed by atoms with Crippen LogP contribution < -0.4 is 35.0 Å². The number of nitrogens with zero attached hydrogens (tertiary/aromatic N) is 2. The molecule has 3 aliphatic carbocycles. The number of aromatic hydroxyl groups is 1. The second kappa shape index (κ2) is 25.3. The van der Waals surface area contributed by atoms with Gasteiger partial charge in [0, 0.05) is 0 Å². The lowest BCUT2D eigenvalue weighted by Crippen LogP contribution is -2.65. The monoisotopic (exact) mass is 1250 g/mol. The summed E-state index contributed by atoms with van der Waals surface area (Å²) in [6.07, 6.45) is 1.25. The van der Waals surface area contributed by atoms with Gasteiger partial charge in [0.25, 0.3) is 0 Å². The molecular formula is C65H84B2N4O19-2. The average Bonchev–Trinajstić information content (AvgIpc) is 1.35. The van der Waals surface area contributed by atoms with Crippen molar-refractivity contribution in [1.29, 1.82) is 0 Å². The predicted octanol–water partition coefficient (Wildman–Crippen LogP) is 7.29. The first kappa shape index (κ1) is 66.8. The lowest BCUT2D eigenvalue weighted by atomic mass is 9.43. The second-order valence-electron chi connectivity index (χ2n) is 28.1. The number of esters is 1. The Kier molecular flexibility index (Phi) is 18.8. The van der Waals surface area contributed by atoms with E-state index in [2.05, 4.69) is 26.1 Å². The van der Waals surface area contributed by atoms with Gasteiger partial charge in [0.05, 0.1) is 55.2 Å². The van der Waals surface area contributed by atoms with Crippen molar-refractivity contribution in [2.75, 3.05) is 26.2 Å². The van der Waals surface area contributed by atoms with Gasteiger partial charge in [-0.25, -0.2) is 14.4 Å². The van der Waals surface area contributed by atoms with Crippen molar-refractivity contribution >= 4 is 49.9 Å². The number of ether oxygens (including phenoxy) is 6. The lowest BCUT2D eigenvalue weighted by Gasteiger charge is -2.64. The molecule has 6 atom stereocenters. The van der Waals surface area contributed by atoms with Crippen molar-refractivity contribution in [3.8, 4) is 28.7 Å². The molecule has 7 aliphatic rings. The molecule has 6 fully saturated rings. The maximum absolute atomic E-state index is 14.0. The molecule has 6 N–H and O–H groups in total. The third kappa shape index (κ3) is 15.2. The van der Waals surface area contributed by atoms with Crippen LogP contribution in [0.4, 0.5) is 9.59 Å². The highest BCUT2D eigenvalue weighted by Crippen LogP contribution is 2.66. The van der Waals surface area contributed by atoms with Crippen molar-refractivity contribution in [1.82, 2.24) is 15.1 Å². The number of nitrogens with two attached hydrogens (primary N) is 1. The number of amides is 3. The molecule has 0 radical (unpaired) electrons. The van der Waals surface area contributed by atoms with Crippen LogP contribution in [0.5, 0.6) is 28.7 Å². The molecular weight excluding hydrogens is 1160 g/mol. The number of hydrogen-bond acceptors (Lipinski definition) is 20. The fraction of sp³-hybridized carbons (Fsp3) is 0.538. The Morgan fingerprint density at radius 3 is 1.90 bits per heavy atom. The Balaban J connectivity index is 0.000000259. The van der Waals surface area contributed by atoms with Gasteiger partial charge in [0.1, 0.15) is 69.7 Å². The minimum absolute atomic E-state index is 0.0350. The van der Waals surface area contributed by atoms with Crippen molar-refractivity contribution in [3.05, 3.63) is 112 Å². The standard InChI is InChI=1S/C45H63BN2O11.C20H22BN2O8/c1-26-27(20-21-46-58-34-23-29-22-33(44(29,11)12)45(34,13)59-46)16-19-32(35(26)38(50)55-41(2,3)4)53-31-24-48(25-31)37(49)36(47-39(51)56-42(5,6)7)28-14-17-30(18-15-28)54-40(52)57-43(8,9)10;22-17(11-1-4-13(24)5-2-11)19(25)23-9-14(10-23)30-15-6-3-12-7-8-21(28,29)31-18(12)16(15)20(26)27/h14-19,29,31,33-34,36H,20-25H2,1-13H3,(H,47,51);1-6,14,17,24,28-29H,7-10,22H2,(H,26,27)/q;-1/p-1/t29-,33-,34+,36+,45-;17-/m01/s1. The van der Waals surface area contributed by atoms with Crippen molar-refractivity contribution in [2.45, 2.75) is 181 Å². The Morgan fingerprint density at radius 2 is 1.32 bits per heavy atom. The van der Waals surface area contributed by atoms with Gasteiger partial charge in [0.15, 0.2) is 0 Å². The summed E-state index contributed by atoms with van der Waals surface area (Å²) in [7, 11) is -0.323. The van der Waals surface area contributed by atoms with E-state index in [1.54, 1.807) is 82.8 Å². The molecule has 23 nitrogen and oxygen atoms in total. The summed E-state index contributed by atoms with van der Waals surface area (Å²) in [6, 6.07) is 17.1. The zero-order valence-electron chi connectivity index (χ0n) is 53.5. The van der Waals surface area contributed by atoms with E-state index in [-0.39, 0.29) is 98.0 Å². The number of alkyl carbamates (subject to hydrolysis) is 1.